The Bertz CT molecular complexity index is 570. The maximum absolute atomic E-state index is 12.7. The quantitative estimate of drug-likeness (QED) is 0.817. The zero-order valence-corrected chi connectivity index (χ0v) is 15.6. The van der Waals surface area contributed by atoms with Crippen molar-refractivity contribution < 1.29 is 9.53 Å². The zero-order valence-electron chi connectivity index (χ0n) is 15.6. The highest BCUT2D eigenvalue weighted by Gasteiger charge is 2.26. The fourth-order valence-corrected chi connectivity index (χ4v) is 3.75. The summed E-state index contributed by atoms with van der Waals surface area (Å²) in [4.78, 5) is 19.5. The van der Waals surface area contributed by atoms with Crippen molar-refractivity contribution in [3.05, 3.63) is 35.4 Å². The van der Waals surface area contributed by atoms with Crippen molar-refractivity contribution in [1.82, 2.24) is 14.7 Å². The molecule has 2 aliphatic heterocycles. The number of hydrogen-bond acceptors (Lipinski definition) is 4. The Morgan fingerprint density at radius 3 is 2.56 bits per heavy atom. The molecule has 1 aromatic carbocycles. The lowest BCUT2D eigenvalue weighted by molar-refractivity contribution is -0.139. The first-order chi connectivity index (χ1) is 12.2. The fraction of sp³-hybridized carbons (Fsp3) is 0.650. The minimum absolute atomic E-state index is 0.00648. The number of piperazine rings is 1. The van der Waals surface area contributed by atoms with E-state index in [9.17, 15) is 4.79 Å². The first kappa shape index (κ1) is 18.4. The molecule has 0 spiro atoms. The van der Waals surface area contributed by atoms with Crippen molar-refractivity contribution >= 4 is 5.91 Å². The molecule has 25 heavy (non-hydrogen) atoms. The van der Waals surface area contributed by atoms with Crippen molar-refractivity contribution in [1.29, 1.82) is 0 Å². The first-order valence-corrected chi connectivity index (χ1v) is 9.57. The van der Waals surface area contributed by atoms with Crippen molar-refractivity contribution in [2.45, 2.75) is 26.4 Å². The number of carbonyl (C=O) groups is 1. The Morgan fingerprint density at radius 2 is 1.84 bits per heavy atom. The van der Waals surface area contributed by atoms with Crippen LogP contribution in [-0.2, 0) is 9.53 Å². The highest BCUT2D eigenvalue weighted by Crippen LogP contribution is 2.25. The van der Waals surface area contributed by atoms with Gasteiger partial charge in [-0.3, -0.25) is 4.79 Å². The Balaban J connectivity index is 1.48. The maximum Gasteiger partial charge on any atom is 0.224 e. The van der Waals surface area contributed by atoms with E-state index in [-0.39, 0.29) is 12.0 Å². The fourth-order valence-electron chi connectivity index (χ4n) is 3.75. The average molecular weight is 345 g/mol. The van der Waals surface area contributed by atoms with Gasteiger partial charge in [0.1, 0.15) is 6.10 Å². The maximum atomic E-state index is 12.7. The molecule has 2 aliphatic rings. The van der Waals surface area contributed by atoms with Crippen LogP contribution < -0.4 is 0 Å². The number of hydrogen-bond donors (Lipinski definition) is 0. The molecule has 0 aliphatic carbocycles. The number of ether oxygens (including phenoxy) is 1. The van der Waals surface area contributed by atoms with Crippen molar-refractivity contribution in [3.8, 4) is 0 Å². The molecule has 1 amide bonds. The van der Waals surface area contributed by atoms with E-state index in [4.69, 9.17) is 4.74 Å². The van der Waals surface area contributed by atoms with Crippen molar-refractivity contribution in [3.63, 3.8) is 0 Å². The summed E-state index contributed by atoms with van der Waals surface area (Å²) < 4.78 is 5.93. The Labute approximate surface area is 151 Å². The lowest BCUT2D eigenvalue weighted by Crippen LogP contribution is -2.48. The van der Waals surface area contributed by atoms with Crippen LogP contribution in [0.1, 0.15) is 30.6 Å². The molecule has 0 bridgehead atoms. The van der Waals surface area contributed by atoms with Crippen LogP contribution in [0.4, 0.5) is 0 Å². The highest BCUT2D eigenvalue weighted by atomic mass is 16.5. The Morgan fingerprint density at radius 1 is 1.12 bits per heavy atom. The molecule has 5 heteroatoms. The van der Waals surface area contributed by atoms with Gasteiger partial charge in [0.05, 0.1) is 13.2 Å². The van der Waals surface area contributed by atoms with Gasteiger partial charge in [0.2, 0.25) is 5.91 Å². The lowest BCUT2D eigenvalue weighted by Gasteiger charge is -2.36. The van der Waals surface area contributed by atoms with Gasteiger partial charge in [0, 0.05) is 45.7 Å². The second-order valence-electron chi connectivity index (χ2n) is 7.08. The van der Waals surface area contributed by atoms with Gasteiger partial charge < -0.3 is 19.4 Å². The molecule has 2 fully saturated rings. The zero-order chi connectivity index (χ0) is 17.6. The lowest BCUT2D eigenvalue weighted by atomic mass is 10.0. The summed E-state index contributed by atoms with van der Waals surface area (Å²) in [6.07, 6.45) is 0.624. The topological polar surface area (TPSA) is 36.0 Å². The van der Waals surface area contributed by atoms with Crippen LogP contribution in [-0.4, -0.2) is 79.6 Å². The van der Waals surface area contributed by atoms with E-state index in [1.54, 1.807) is 0 Å². The third kappa shape index (κ3) is 4.81. The minimum Gasteiger partial charge on any atom is -0.370 e. The Hall–Kier alpha value is -1.43. The largest absolute Gasteiger partial charge is 0.370 e. The highest BCUT2D eigenvalue weighted by molar-refractivity contribution is 5.76. The van der Waals surface area contributed by atoms with Gasteiger partial charge in [0.25, 0.3) is 0 Å². The van der Waals surface area contributed by atoms with Crippen LogP contribution in [0.5, 0.6) is 0 Å². The smallest absolute Gasteiger partial charge is 0.224 e. The third-order valence-electron chi connectivity index (χ3n) is 5.51. The van der Waals surface area contributed by atoms with E-state index in [1.165, 1.54) is 11.1 Å². The van der Waals surface area contributed by atoms with Crippen LogP contribution in [0.25, 0.3) is 0 Å². The van der Waals surface area contributed by atoms with Gasteiger partial charge in [-0.1, -0.05) is 31.2 Å². The van der Waals surface area contributed by atoms with Gasteiger partial charge in [-0.2, -0.15) is 0 Å². The third-order valence-corrected chi connectivity index (χ3v) is 5.51. The van der Waals surface area contributed by atoms with Crippen LogP contribution in [0, 0.1) is 6.92 Å². The summed E-state index contributed by atoms with van der Waals surface area (Å²) in [5.74, 6) is 0.264. The summed E-state index contributed by atoms with van der Waals surface area (Å²) in [5, 5.41) is 0. The molecule has 2 saturated heterocycles. The SMILES string of the molecule is CCN1CCN(CCC(=O)N2CCOC(c3ccccc3C)C2)CC1. The number of nitrogens with zero attached hydrogens (tertiary/aromatic N) is 3. The van der Waals surface area contributed by atoms with Crippen LogP contribution >= 0.6 is 0 Å². The molecule has 3 rings (SSSR count). The molecular formula is C20H31N3O2. The first-order valence-electron chi connectivity index (χ1n) is 9.57. The van der Waals surface area contributed by atoms with Gasteiger partial charge in [-0.15, -0.1) is 0 Å². The van der Waals surface area contributed by atoms with Gasteiger partial charge >= 0.3 is 0 Å². The van der Waals surface area contributed by atoms with Crippen LogP contribution in [0.2, 0.25) is 0 Å². The minimum atomic E-state index is 0.00648. The van der Waals surface area contributed by atoms with E-state index in [1.807, 2.05) is 17.0 Å². The summed E-state index contributed by atoms with van der Waals surface area (Å²) >= 11 is 0. The van der Waals surface area contributed by atoms with Crippen LogP contribution in [0.15, 0.2) is 24.3 Å². The molecule has 0 aromatic heterocycles. The van der Waals surface area contributed by atoms with E-state index in [0.717, 1.165) is 39.3 Å². The van der Waals surface area contributed by atoms with Gasteiger partial charge in [-0.25, -0.2) is 0 Å². The molecule has 1 aromatic rings. The number of likely N-dealkylation sites (N-methyl/N-ethyl adjacent to an activating group) is 1. The molecule has 0 N–H and O–H groups in total. The van der Waals surface area contributed by atoms with E-state index in [0.29, 0.717) is 26.1 Å². The van der Waals surface area contributed by atoms with E-state index in [2.05, 4.69) is 35.8 Å². The Kier molecular flexibility index (Phi) is 6.45. The van der Waals surface area contributed by atoms with Gasteiger partial charge in [-0.05, 0) is 24.6 Å². The number of aryl methyl sites for hydroxylation is 1. The second-order valence-corrected chi connectivity index (χ2v) is 7.08. The number of carbonyl (C=O) groups excluding carboxylic acids is 1. The molecule has 1 atom stereocenters. The standard InChI is InChI=1S/C20H31N3O2/c1-3-21-10-12-22(13-11-21)9-8-20(24)23-14-15-25-19(16-23)18-7-5-4-6-17(18)2/h4-7,19H,3,8-16H2,1-2H3. The number of benzene rings is 1. The van der Waals surface area contributed by atoms with Crippen molar-refractivity contribution in [2.24, 2.45) is 0 Å². The average Bonchev–Trinajstić information content (AvgIpc) is 2.67. The van der Waals surface area contributed by atoms with E-state index < -0.39 is 0 Å². The number of morpholine rings is 1. The van der Waals surface area contributed by atoms with Gasteiger partial charge in [0.15, 0.2) is 0 Å². The van der Waals surface area contributed by atoms with Crippen molar-refractivity contribution in [2.75, 3.05) is 59.0 Å². The number of amides is 1. The second kappa shape index (κ2) is 8.79. The molecule has 5 nitrogen and oxygen atoms in total. The monoisotopic (exact) mass is 345 g/mol. The molecular weight excluding hydrogens is 314 g/mol. The number of rotatable bonds is 5. The summed E-state index contributed by atoms with van der Waals surface area (Å²) in [6, 6.07) is 8.31. The predicted molar refractivity (Wildman–Crippen MR) is 99.6 cm³/mol. The molecule has 0 saturated carbocycles. The molecule has 138 valence electrons. The normalized spacial score (nSPS) is 23.0. The van der Waals surface area contributed by atoms with E-state index >= 15 is 0 Å². The molecule has 0 radical (unpaired) electrons. The van der Waals surface area contributed by atoms with Crippen LogP contribution in [0.3, 0.4) is 0 Å². The summed E-state index contributed by atoms with van der Waals surface area (Å²) in [6.45, 7) is 12.7. The summed E-state index contributed by atoms with van der Waals surface area (Å²) in [7, 11) is 0. The summed E-state index contributed by atoms with van der Waals surface area (Å²) in [5.41, 5.74) is 2.44. The molecule has 2 heterocycles. The predicted octanol–water partition coefficient (Wildman–Crippen LogP) is 1.92. The molecule has 1 unspecified atom stereocenters.